The van der Waals surface area contributed by atoms with Gasteiger partial charge in [0.05, 0.1) is 0 Å². The molecule has 2 fully saturated rings. The Bertz CT molecular complexity index is 242. The average molecular weight is 312 g/mol. The van der Waals surface area contributed by atoms with E-state index in [1.54, 1.807) is 0 Å². The molecule has 4 nitrogen and oxygen atoms in total. The van der Waals surface area contributed by atoms with Gasteiger partial charge in [0, 0.05) is 19.5 Å². The minimum absolute atomic E-state index is 0. The van der Waals surface area contributed by atoms with E-state index in [-0.39, 0.29) is 30.7 Å². The van der Waals surface area contributed by atoms with E-state index >= 15 is 0 Å². The van der Waals surface area contributed by atoms with Crippen LogP contribution in [0.2, 0.25) is 0 Å². The van der Waals surface area contributed by atoms with Crippen LogP contribution in [0.4, 0.5) is 0 Å². The summed E-state index contributed by atoms with van der Waals surface area (Å²) in [6.07, 6.45) is 5.87. The Labute approximate surface area is 128 Å². The molecule has 19 heavy (non-hydrogen) atoms. The Morgan fingerprint density at radius 3 is 2.58 bits per heavy atom. The predicted octanol–water partition coefficient (Wildman–Crippen LogP) is 1.43. The third kappa shape index (κ3) is 7.35. The molecule has 0 radical (unpaired) electrons. The Kier molecular flexibility index (Phi) is 10.7. The highest BCUT2D eigenvalue weighted by Gasteiger charge is 2.17. The SMILES string of the molecule is Cl.Cl.O=C(CC1CCNC1)NCCN1CCCCC1. The molecule has 0 aromatic rings. The number of piperidine rings is 1. The Balaban J connectivity index is 0.00000162. The first kappa shape index (κ1) is 19.0. The number of rotatable bonds is 5. The molecule has 0 aliphatic carbocycles. The fourth-order valence-electron chi connectivity index (χ4n) is 2.76. The molecule has 2 saturated heterocycles. The Morgan fingerprint density at radius 2 is 1.95 bits per heavy atom. The summed E-state index contributed by atoms with van der Waals surface area (Å²) in [7, 11) is 0. The molecule has 0 aromatic carbocycles. The molecule has 2 aliphatic rings. The molecule has 2 aliphatic heterocycles. The Hall–Kier alpha value is -0.0300. The van der Waals surface area contributed by atoms with Crippen molar-refractivity contribution in [3.05, 3.63) is 0 Å². The average Bonchev–Trinajstić information content (AvgIpc) is 2.83. The van der Waals surface area contributed by atoms with Crippen molar-refractivity contribution < 1.29 is 4.79 Å². The van der Waals surface area contributed by atoms with E-state index < -0.39 is 0 Å². The fraction of sp³-hybridized carbons (Fsp3) is 0.923. The lowest BCUT2D eigenvalue weighted by atomic mass is 10.0. The highest BCUT2D eigenvalue weighted by Crippen LogP contribution is 2.11. The van der Waals surface area contributed by atoms with Crippen LogP contribution in [0, 0.1) is 5.92 Å². The van der Waals surface area contributed by atoms with Gasteiger partial charge in [-0.25, -0.2) is 0 Å². The van der Waals surface area contributed by atoms with Crippen LogP contribution in [0.3, 0.4) is 0 Å². The predicted molar refractivity (Wildman–Crippen MR) is 83.4 cm³/mol. The van der Waals surface area contributed by atoms with Gasteiger partial charge in [-0.2, -0.15) is 0 Å². The summed E-state index contributed by atoms with van der Waals surface area (Å²) in [4.78, 5) is 14.1. The van der Waals surface area contributed by atoms with Crippen LogP contribution in [0.1, 0.15) is 32.1 Å². The number of hydrogen-bond acceptors (Lipinski definition) is 3. The van der Waals surface area contributed by atoms with Gasteiger partial charge in [0.25, 0.3) is 0 Å². The summed E-state index contributed by atoms with van der Waals surface area (Å²) >= 11 is 0. The summed E-state index contributed by atoms with van der Waals surface area (Å²) in [6.45, 7) is 6.35. The zero-order valence-corrected chi connectivity index (χ0v) is 13.2. The largest absolute Gasteiger partial charge is 0.355 e. The zero-order valence-electron chi connectivity index (χ0n) is 11.5. The number of hydrogen-bond donors (Lipinski definition) is 2. The third-order valence-corrected chi connectivity index (χ3v) is 3.84. The number of nitrogens with zero attached hydrogens (tertiary/aromatic N) is 1. The maximum Gasteiger partial charge on any atom is 0.220 e. The maximum absolute atomic E-state index is 11.7. The van der Waals surface area contributed by atoms with Gasteiger partial charge in [0.2, 0.25) is 5.91 Å². The molecule has 0 aromatic heterocycles. The summed E-state index contributed by atoms with van der Waals surface area (Å²) in [5.74, 6) is 0.792. The summed E-state index contributed by atoms with van der Waals surface area (Å²) in [5.41, 5.74) is 0. The van der Waals surface area contributed by atoms with Gasteiger partial charge in [-0.15, -0.1) is 24.8 Å². The fourth-order valence-corrected chi connectivity index (χ4v) is 2.76. The van der Waals surface area contributed by atoms with Crippen molar-refractivity contribution in [3.63, 3.8) is 0 Å². The summed E-state index contributed by atoms with van der Waals surface area (Å²) < 4.78 is 0. The number of likely N-dealkylation sites (tertiary alicyclic amines) is 1. The normalized spacial score (nSPS) is 23.3. The summed E-state index contributed by atoms with van der Waals surface area (Å²) in [5, 5.41) is 6.35. The van der Waals surface area contributed by atoms with E-state index in [4.69, 9.17) is 0 Å². The molecular weight excluding hydrogens is 285 g/mol. The standard InChI is InChI=1S/C13H25N3O.2ClH/c17-13(10-12-4-5-14-11-12)15-6-9-16-7-2-1-3-8-16;;/h12,14H,1-11H2,(H,15,17);2*1H. The van der Waals surface area contributed by atoms with Crippen LogP contribution in [0.25, 0.3) is 0 Å². The highest BCUT2D eigenvalue weighted by molar-refractivity contribution is 5.85. The summed E-state index contributed by atoms with van der Waals surface area (Å²) in [6, 6.07) is 0. The van der Waals surface area contributed by atoms with Crippen molar-refractivity contribution in [2.45, 2.75) is 32.1 Å². The van der Waals surface area contributed by atoms with Crippen molar-refractivity contribution in [2.24, 2.45) is 5.92 Å². The van der Waals surface area contributed by atoms with Crippen LogP contribution < -0.4 is 10.6 Å². The van der Waals surface area contributed by atoms with Crippen molar-refractivity contribution in [1.29, 1.82) is 0 Å². The van der Waals surface area contributed by atoms with Gasteiger partial charge < -0.3 is 15.5 Å². The van der Waals surface area contributed by atoms with Crippen molar-refractivity contribution in [1.82, 2.24) is 15.5 Å². The number of nitrogens with one attached hydrogen (secondary N) is 2. The smallest absolute Gasteiger partial charge is 0.220 e. The lowest BCUT2D eigenvalue weighted by molar-refractivity contribution is -0.121. The van der Waals surface area contributed by atoms with Crippen LogP contribution in [-0.4, -0.2) is 50.1 Å². The number of amides is 1. The molecule has 1 amide bonds. The van der Waals surface area contributed by atoms with Crippen LogP contribution >= 0.6 is 24.8 Å². The van der Waals surface area contributed by atoms with Crippen molar-refractivity contribution >= 4 is 30.7 Å². The molecule has 0 bridgehead atoms. The molecule has 0 saturated carbocycles. The van der Waals surface area contributed by atoms with E-state index in [0.717, 1.165) is 32.6 Å². The second-order valence-corrected chi connectivity index (χ2v) is 5.32. The molecule has 2 rings (SSSR count). The van der Waals surface area contributed by atoms with E-state index in [2.05, 4.69) is 15.5 Å². The zero-order chi connectivity index (χ0) is 11.9. The van der Waals surface area contributed by atoms with E-state index in [1.807, 2.05) is 0 Å². The van der Waals surface area contributed by atoms with Crippen LogP contribution in [0.5, 0.6) is 0 Å². The second kappa shape index (κ2) is 10.7. The molecule has 1 unspecified atom stereocenters. The minimum atomic E-state index is 0. The van der Waals surface area contributed by atoms with Crippen LogP contribution in [-0.2, 0) is 4.79 Å². The van der Waals surface area contributed by atoms with E-state index in [0.29, 0.717) is 12.3 Å². The molecule has 6 heteroatoms. The van der Waals surface area contributed by atoms with E-state index in [9.17, 15) is 4.79 Å². The Morgan fingerprint density at radius 1 is 1.21 bits per heavy atom. The quantitative estimate of drug-likeness (QED) is 0.807. The first-order valence-electron chi connectivity index (χ1n) is 7.04. The molecule has 2 heterocycles. The van der Waals surface area contributed by atoms with Gasteiger partial charge in [0.1, 0.15) is 0 Å². The van der Waals surface area contributed by atoms with Crippen LogP contribution in [0.15, 0.2) is 0 Å². The third-order valence-electron chi connectivity index (χ3n) is 3.84. The number of carbonyl (C=O) groups is 1. The van der Waals surface area contributed by atoms with Gasteiger partial charge in [0.15, 0.2) is 0 Å². The molecule has 1 atom stereocenters. The number of carbonyl (C=O) groups excluding carboxylic acids is 1. The minimum Gasteiger partial charge on any atom is -0.355 e. The molecule has 0 spiro atoms. The van der Waals surface area contributed by atoms with Crippen molar-refractivity contribution in [2.75, 3.05) is 39.3 Å². The first-order valence-corrected chi connectivity index (χ1v) is 7.04. The molecule has 2 N–H and O–H groups in total. The van der Waals surface area contributed by atoms with Gasteiger partial charge >= 0.3 is 0 Å². The topological polar surface area (TPSA) is 44.4 Å². The lowest BCUT2D eigenvalue weighted by Crippen LogP contribution is -2.38. The number of halogens is 2. The first-order chi connectivity index (χ1) is 8.34. The van der Waals surface area contributed by atoms with E-state index in [1.165, 1.54) is 32.4 Å². The maximum atomic E-state index is 11.7. The second-order valence-electron chi connectivity index (χ2n) is 5.32. The van der Waals surface area contributed by atoms with Gasteiger partial charge in [-0.05, 0) is 51.4 Å². The van der Waals surface area contributed by atoms with Gasteiger partial charge in [-0.1, -0.05) is 6.42 Å². The van der Waals surface area contributed by atoms with Gasteiger partial charge in [-0.3, -0.25) is 4.79 Å². The molecule has 114 valence electrons. The lowest BCUT2D eigenvalue weighted by Gasteiger charge is -2.26. The van der Waals surface area contributed by atoms with Crippen molar-refractivity contribution in [3.8, 4) is 0 Å². The molecular formula is C13H27Cl2N3O. The highest BCUT2D eigenvalue weighted by atomic mass is 35.5. The monoisotopic (exact) mass is 311 g/mol.